The predicted molar refractivity (Wildman–Crippen MR) is 86.2 cm³/mol. The molecule has 0 aliphatic rings. The van der Waals surface area contributed by atoms with Crippen LogP contribution < -0.4 is 10.1 Å². The molecule has 0 atom stereocenters. The quantitative estimate of drug-likeness (QED) is 0.847. The highest BCUT2D eigenvalue weighted by atomic mass is 16.5. The van der Waals surface area contributed by atoms with Gasteiger partial charge in [0.2, 0.25) is 11.8 Å². The number of hydrogen-bond acceptors (Lipinski definition) is 4. The number of nitrogens with one attached hydrogen (secondary N) is 1. The number of aromatic nitrogens is 2. The molecule has 21 heavy (non-hydrogen) atoms. The molecular weight excluding hydrogens is 262 g/mol. The molecule has 0 spiro atoms. The smallest absolute Gasteiger partial charge is 0.226 e. The van der Waals surface area contributed by atoms with E-state index in [0.29, 0.717) is 17.7 Å². The number of nitrogens with zero attached hydrogens (tertiary/aromatic N) is 2. The number of ether oxygens (including phenoxy) is 1. The summed E-state index contributed by atoms with van der Waals surface area (Å²) in [5.74, 6) is 2.49. The average Bonchev–Trinajstić information content (AvgIpc) is 2.45. The second kappa shape index (κ2) is 7.07. The van der Waals surface area contributed by atoms with Gasteiger partial charge in [-0.2, -0.15) is 4.98 Å². The number of anilines is 1. The molecule has 4 heteroatoms. The van der Waals surface area contributed by atoms with Crippen molar-refractivity contribution < 1.29 is 4.74 Å². The monoisotopic (exact) mass is 285 g/mol. The molecule has 0 bridgehead atoms. The summed E-state index contributed by atoms with van der Waals surface area (Å²) in [6, 6.07) is 9.97. The molecule has 0 unspecified atom stereocenters. The Labute approximate surface area is 126 Å². The molecular formula is C17H23N3O. The topological polar surface area (TPSA) is 47.0 Å². The van der Waals surface area contributed by atoms with Crippen LogP contribution in [0.15, 0.2) is 30.3 Å². The van der Waals surface area contributed by atoms with Gasteiger partial charge in [0, 0.05) is 18.3 Å². The van der Waals surface area contributed by atoms with E-state index >= 15 is 0 Å². The van der Waals surface area contributed by atoms with Crippen molar-refractivity contribution >= 4 is 5.95 Å². The van der Waals surface area contributed by atoms with Gasteiger partial charge in [-0.1, -0.05) is 32.9 Å². The standard InChI is InChI=1S/C17H23N3O/c1-5-10-18-17-19-13(4)11-16(20-17)21-15-8-6-14(7-9-15)12(2)3/h6-9,11-12H,5,10H2,1-4H3,(H,18,19,20). The van der Waals surface area contributed by atoms with Crippen molar-refractivity contribution in [1.82, 2.24) is 9.97 Å². The second-order valence-electron chi connectivity index (χ2n) is 5.42. The van der Waals surface area contributed by atoms with Crippen molar-refractivity contribution in [2.45, 2.75) is 40.0 Å². The van der Waals surface area contributed by atoms with E-state index in [1.54, 1.807) is 0 Å². The van der Waals surface area contributed by atoms with E-state index in [0.717, 1.165) is 24.4 Å². The maximum Gasteiger partial charge on any atom is 0.226 e. The van der Waals surface area contributed by atoms with Gasteiger partial charge in [0.25, 0.3) is 0 Å². The average molecular weight is 285 g/mol. The Morgan fingerprint density at radius 1 is 1.14 bits per heavy atom. The lowest BCUT2D eigenvalue weighted by atomic mass is 10.0. The highest BCUT2D eigenvalue weighted by Crippen LogP contribution is 2.23. The van der Waals surface area contributed by atoms with Crippen LogP contribution in [0.3, 0.4) is 0 Å². The molecule has 0 amide bonds. The van der Waals surface area contributed by atoms with E-state index in [1.165, 1.54) is 5.56 Å². The molecule has 112 valence electrons. The van der Waals surface area contributed by atoms with Gasteiger partial charge in [-0.15, -0.1) is 0 Å². The first-order valence-corrected chi connectivity index (χ1v) is 7.46. The SMILES string of the molecule is CCCNc1nc(C)cc(Oc2ccc(C(C)C)cc2)n1. The van der Waals surface area contributed by atoms with Gasteiger partial charge >= 0.3 is 0 Å². The fourth-order valence-electron chi connectivity index (χ4n) is 1.95. The van der Waals surface area contributed by atoms with E-state index in [1.807, 2.05) is 25.1 Å². The van der Waals surface area contributed by atoms with Crippen LogP contribution in [0.5, 0.6) is 11.6 Å². The lowest BCUT2D eigenvalue weighted by Gasteiger charge is -2.10. The van der Waals surface area contributed by atoms with Gasteiger partial charge in [-0.25, -0.2) is 4.98 Å². The minimum absolute atomic E-state index is 0.519. The van der Waals surface area contributed by atoms with Gasteiger partial charge < -0.3 is 10.1 Å². The summed E-state index contributed by atoms with van der Waals surface area (Å²) in [5, 5.41) is 3.18. The third-order valence-electron chi connectivity index (χ3n) is 3.13. The molecule has 4 nitrogen and oxygen atoms in total. The molecule has 0 aliphatic carbocycles. The molecule has 0 saturated carbocycles. The van der Waals surface area contributed by atoms with Crippen LogP contribution in [0.2, 0.25) is 0 Å². The number of rotatable bonds is 6. The molecule has 1 heterocycles. The first kappa shape index (κ1) is 15.3. The summed E-state index contributed by atoms with van der Waals surface area (Å²) in [6.45, 7) is 9.25. The van der Waals surface area contributed by atoms with Crippen LogP contribution >= 0.6 is 0 Å². The third kappa shape index (κ3) is 4.45. The van der Waals surface area contributed by atoms with E-state index in [9.17, 15) is 0 Å². The van der Waals surface area contributed by atoms with Crippen molar-refractivity contribution in [3.63, 3.8) is 0 Å². The molecule has 0 saturated heterocycles. The number of benzene rings is 1. The Hall–Kier alpha value is -2.10. The Morgan fingerprint density at radius 2 is 1.86 bits per heavy atom. The van der Waals surface area contributed by atoms with E-state index < -0.39 is 0 Å². The van der Waals surface area contributed by atoms with Crippen LogP contribution in [0.1, 0.15) is 44.4 Å². The van der Waals surface area contributed by atoms with Crippen molar-refractivity contribution in [3.8, 4) is 11.6 Å². The maximum atomic E-state index is 5.82. The normalized spacial score (nSPS) is 10.7. The summed E-state index contributed by atoms with van der Waals surface area (Å²) in [6.07, 6.45) is 1.03. The fourth-order valence-corrected chi connectivity index (χ4v) is 1.95. The predicted octanol–water partition coefficient (Wildman–Crippen LogP) is 4.52. The van der Waals surface area contributed by atoms with Gasteiger partial charge in [0.1, 0.15) is 5.75 Å². The minimum Gasteiger partial charge on any atom is -0.439 e. The van der Waals surface area contributed by atoms with Gasteiger partial charge in [0.05, 0.1) is 0 Å². The first-order valence-electron chi connectivity index (χ1n) is 7.46. The molecule has 1 N–H and O–H groups in total. The molecule has 0 radical (unpaired) electrons. The maximum absolute atomic E-state index is 5.82. The van der Waals surface area contributed by atoms with Gasteiger partial charge in [-0.05, 0) is 37.0 Å². The zero-order valence-electron chi connectivity index (χ0n) is 13.2. The van der Waals surface area contributed by atoms with E-state index in [4.69, 9.17) is 4.74 Å². The van der Waals surface area contributed by atoms with Crippen molar-refractivity contribution in [3.05, 3.63) is 41.6 Å². The van der Waals surface area contributed by atoms with Crippen molar-refractivity contribution in [2.24, 2.45) is 0 Å². The highest BCUT2D eigenvalue weighted by Gasteiger charge is 2.05. The Bertz CT molecular complexity index is 579. The summed E-state index contributed by atoms with van der Waals surface area (Å²) >= 11 is 0. The van der Waals surface area contributed by atoms with Crippen LogP contribution in [-0.4, -0.2) is 16.5 Å². The summed E-state index contributed by atoms with van der Waals surface area (Å²) in [7, 11) is 0. The molecule has 0 fully saturated rings. The second-order valence-corrected chi connectivity index (χ2v) is 5.42. The molecule has 1 aromatic heterocycles. The molecule has 1 aromatic carbocycles. The number of aryl methyl sites for hydroxylation is 1. The van der Waals surface area contributed by atoms with Gasteiger partial charge in [-0.3, -0.25) is 0 Å². The summed E-state index contributed by atoms with van der Waals surface area (Å²) in [5.41, 5.74) is 2.18. The zero-order chi connectivity index (χ0) is 15.2. The van der Waals surface area contributed by atoms with E-state index in [-0.39, 0.29) is 0 Å². The zero-order valence-corrected chi connectivity index (χ0v) is 13.2. The fraction of sp³-hybridized carbons (Fsp3) is 0.412. The minimum atomic E-state index is 0.519. The Balaban J connectivity index is 2.12. The summed E-state index contributed by atoms with van der Waals surface area (Å²) < 4.78 is 5.82. The molecule has 2 rings (SSSR count). The lowest BCUT2D eigenvalue weighted by molar-refractivity contribution is 0.461. The number of hydrogen-bond donors (Lipinski definition) is 1. The first-order chi connectivity index (χ1) is 10.1. The van der Waals surface area contributed by atoms with Crippen molar-refractivity contribution in [1.29, 1.82) is 0 Å². The van der Waals surface area contributed by atoms with E-state index in [2.05, 4.69) is 48.2 Å². The van der Waals surface area contributed by atoms with Crippen LogP contribution in [0.4, 0.5) is 5.95 Å². The van der Waals surface area contributed by atoms with Crippen LogP contribution in [0, 0.1) is 6.92 Å². The largest absolute Gasteiger partial charge is 0.439 e. The third-order valence-corrected chi connectivity index (χ3v) is 3.13. The Morgan fingerprint density at radius 3 is 2.48 bits per heavy atom. The highest BCUT2D eigenvalue weighted by molar-refractivity contribution is 5.35. The van der Waals surface area contributed by atoms with Gasteiger partial charge in [0.15, 0.2) is 0 Å². The van der Waals surface area contributed by atoms with Crippen molar-refractivity contribution in [2.75, 3.05) is 11.9 Å². The summed E-state index contributed by atoms with van der Waals surface area (Å²) in [4.78, 5) is 8.73. The van der Waals surface area contributed by atoms with Crippen LogP contribution in [0.25, 0.3) is 0 Å². The van der Waals surface area contributed by atoms with Crippen LogP contribution in [-0.2, 0) is 0 Å². The molecule has 2 aromatic rings. The molecule has 0 aliphatic heterocycles. The lowest BCUT2D eigenvalue weighted by Crippen LogP contribution is -2.05. The Kier molecular flexibility index (Phi) is 5.14.